The van der Waals surface area contributed by atoms with Gasteiger partial charge in [0, 0.05) is 44.4 Å². The van der Waals surface area contributed by atoms with E-state index in [9.17, 15) is 4.79 Å². The van der Waals surface area contributed by atoms with Crippen molar-refractivity contribution in [2.45, 2.75) is 13.0 Å². The van der Waals surface area contributed by atoms with Crippen LogP contribution >= 0.6 is 0 Å². The van der Waals surface area contributed by atoms with Crippen LogP contribution in [-0.2, 0) is 17.8 Å². The lowest BCUT2D eigenvalue weighted by molar-refractivity contribution is -0.132. The molecule has 1 saturated heterocycles. The molecule has 0 unspecified atom stereocenters. The molecule has 0 aliphatic carbocycles. The van der Waals surface area contributed by atoms with E-state index < -0.39 is 0 Å². The lowest BCUT2D eigenvalue weighted by atomic mass is 10.1. The molecule has 29 heavy (non-hydrogen) atoms. The van der Waals surface area contributed by atoms with Gasteiger partial charge in [-0.2, -0.15) is 0 Å². The third kappa shape index (κ3) is 4.40. The van der Waals surface area contributed by atoms with E-state index in [1.165, 1.54) is 5.56 Å². The Balaban J connectivity index is 1.31. The van der Waals surface area contributed by atoms with Crippen LogP contribution in [0.1, 0.15) is 11.1 Å². The van der Waals surface area contributed by atoms with Gasteiger partial charge < -0.3 is 23.8 Å². The van der Waals surface area contributed by atoms with Gasteiger partial charge in [-0.25, -0.2) is 0 Å². The van der Waals surface area contributed by atoms with Crippen LogP contribution in [-0.4, -0.2) is 62.9 Å². The van der Waals surface area contributed by atoms with Gasteiger partial charge in [0.05, 0.1) is 20.6 Å². The summed E-state index contributed by atoms with van der Waals surface area (Å²) in [5, 5.41) is 0. The van der Waals surface area contributed by atoms with E-state index >= 15 is 0 Å². The predicted octanol–water partition coefficient (Wildman–Crippen LogP) is 2.32. The van der Waals surface area contributed by atoms with Crippen LogP contribution < -0.4 is 18.9 Å². The maximum atomic E-state index is 12.8. The van der Waals surface area contributed by atoms with Crippen molar-refractivity contribution in [1.82, 2.24) is 9.80 Å². The summed E-state index contributed by atoms with van der Waals surface area (Å²) in [5.41, 5.74) is 2.07. The Morgan fingerprint density at radius 3 is 2.52 bits per heavy atom. The van der Waals surface area contributed by atoms with Crippen molar-refractivity contribution in [2.24, 2.45) is 0 Å². The molecule has 154 valence electrons. The number of benzene rings is 2. The number of nitrogens with zero attached hydrogens (tertiary/aromatic N) is 2. The van der Waals surface area contributed by atoms with Crippen molar-refractivity contribution in [1.29, 1.82) is 0 Å². The maximum absolute atomic E-state index is 12.8. The van der Waals surface area contributed by atoms with Crippen molar-refractivity contribution < 1.29 is 23.7 Å². The van der Waals surface area contributed by atoms with Crippen molar-refractivity contribution in [3.63, 3.8) is 0 Å². The van der Waals surface area contributed by atoms with Crippen molar-refractivity contribution >= 4 is 5.91 Å². The fourth-order valence-corrected chi connectivity index (χ4v) is 3.73. The Morgan fingerprint density at radius 2 is 1.76 bits per heavy atom. The summed E-state index contributed by atoms with van der Waals surface area (Å²) < 4.78 is 21.5. The zero-order valence-corrected chi connectivity index (χ0v) is 16.8. The summed E-state index contributed by atoms with van der Waals surface area (Å²) in [6.07, 6.45) is 0.329. The van der Waals surface area contributed by atoms with Crippen LogP contribution in [0, 0.1) is 0 Å². The quantitative estimate of drug-likeness (QED) is 0.744. The highest BCUT2D eigenvalue weighted by atomic mass is 16.7. The van der Waals surface area contributed by atoms with Gasteiger partial charge in [0.1, 0.15) is 11.5 Å². The number of fused-ring (bicyclic) bond motifs is 1. The number of hydrogen-bond acceptors (Lipinski definition) is 6. The number of piperazine rings is 1. The largest absolute Gasteiger partial charge is 0.497 e. The van der Waals surface area contributed by atoms with Crippen LogP contribution in [0.2, 0.25) is 0 Å². The zero-order valence-electron chi connectivity index (χ0n) is 16.8. The van der Waals surface area contributed by atoms with Crippen molar-refractivity contribution in [2.75, 3.05) is 47.2 Å². The second-order valence-electron chi connectivity index (χ2n) is 7.20. The van der Waals surface area contributed by atoms with E-state index in [-0.39, 0.29) is 5.91 Å². The van der Waals surface area contributed by atoms with E-state index in [2.05, 4.69) is 11.0 Å². The predicted molar refractivity (Wildman–Crippen MR) is 108 cm³/mol. The molecule has 0 bridgehead atoms. The average molecular weight is 398 g/mol. The van der Waals surface area contributed by atoms with E-state index in [0.29, 0.717) is 19.0 Å². The molecule has 7 heteroatoms. The van der Waals surface area contributed by atoms with Crippen molar-refractivity contribution in [3.8, 4) is 23.0 Å². The van der Waals surface area contributed by atoms with Gasteiger partial charge in [0.2, 0.25) is 12.7 Å². The Hall–Kier alpha value is -2.93. The first-order valence-electron chi connectivity index (χ1n) is 9.76. The molecule has 0 N–H and O–H groups in total. The first kappa shape index (κ1) is 19.4. The molecule has 7 nitrogen and oxygen atoms in total. The molecule has 0 radical (unpaired) electrons. The van der Waals surface area contributed by atoms with Gasteiger partial charge in [-0.05, 0) is 23.8 Å². The number of ether oxygens (including phenoxy) is 4. The summed E-state index contributed by atoms with van der Waals surface area (Å²) in [4.78, 5) is 17.1. The molecule has 2 aromatic carbocycles. The van der Waals surface area contributed by atoms with Crippen LogP contribution in [0.5, 0.6) is 23.0 Å². The third-order valence-corrected chi connectivity index (χ3v) is 5.40. The molecule has 2 aliphatic rings. The average Bonchev–Trinajstić information content (AvgIpc) is 3.22. The minimum absolute atomic E-state index is 0.121. The van der Waals surface area contributed by atoms with Gasteiger partial charge in [-0.1, -0.05) is 12.1 Å². The molecule has 2 aromatic rings. The summed E-state index contributed by atoms with van der Waals surface area (Å²) >= 11 is 0. The topological polar surface area (TPSA) is 60.5 Å². The minimum atomic E-state index is 0.121. The lowest BCUT2D eigenvalue weighted by Crippen LogP contribution is -2.48. The monoisotopic (exact) mass is 398 g/mol. The highest BCUT2D eigenvalue weighted by Crippen LogP contribution is 2.33. The highest BCUT2D eigenvalue weighted by Gasteiger charge is 2.23. The van der Waals surface area contributed by atoms with Crippen molar-refractivity contribution in [3.05, 3.63) is 47.5 Å². The Bertz CT molecular complexity index is 878. The van der Waals surface area contributed by atoms with E-state index in [1.54, 1.807) is 14.2 Å². The van der Waals surface area contributed by atoms with Crippen LogP contribution in [0.4, 0.5) is 0 Å². The van der Waals surface area contributed by atoms with Gasteiger partial charge in [0.15, 0.2) is 11.5 Å². The molecule has 2 heterocycles. The SMILES string of the molecule is COc1ccc(CC(=O)N2CCN(Cc3ccc4c(c3)OCO4)CC2)c(OC)c1. The second kappa shape index (κ2) is 8.61. The molecule has 0 saturated carbocycles. The normalized spacial score (nSPS) is 16.0. The summed E-state index contributed by atoms with van der Waals surface area (Å²) in [6, 6.07) is 11.6. The molecule has 0 spiro atoms. The van der Waals surface area contributed by atoms with Gasteiger partial charge >= 0.3 is 0 Å². The minimum Gasteiger partial charge on any atom is -0.497 e. The Labute approximate surface area is 170 Å². The maximum Gasteiger partial charge on any atom is 0.231 e. The number of rotatable bonds is 6. The zero-order chi connectivity index (χ0) is 20.2. The number of amides is 1. The highest BCUT2D eigenvalue weighted by molar-refractivity contribution is 5.79. The molecule has 0 aromatic heterocycles. The molecule has 1 fully saturated rings. The molecule has 1 amide bonds. The van der Waals surface area contributed by atoms with Gasteiger partial charge in [0.25, 0.3) is 0 Å². The lowest BCUT2D eigenvalue weighted by Gasteiger charge is -2.35. The fourth-order valence-electron chi connectivity index (χ4n) is 3.73. The van der Waals surface area contributed by atoms with E-state index in [4.69, 9.17) is 18.9 Å². The summed E-state index contributed by atoms with van der Waals surface area (Å²) in [7, 11) is 3.22. The number of hydrogen-bond donors (Lipinski definition) is 0. The van der Waals surface area contributed by atoms with E-state index in [0.717, 1.165) is 55.5 Å². The standard InChI is InChI=1S/C22H26N2O5/c1-26-18-5-4-17(20(13-18)27-2)12-22(25)24-9-7-23(8-10-24)14-16-3-6-19-21(11-16)29-15-28-19/h3-6,11,13H,7-10,12,14-15H2,1-2H3. The van der Waals surface area contributed by atoms with Crippen LogP contribution in [0.15, 0.2) is 36.4 Å². The third-order valence-electron chi connectivity index (χ3n) is 5.40. The molecule has 2 aliphatic heterocycles. The second-order valence-corrected chi connectivity index (χ2v) is 7.20. The number of carbonyl (C=O) groups is 1. The first-order valence-corrected chi connectivity index (χ1v) is 9.76. The fraction of sp³-hybridized carbons (Fsp3) is 0.409. The van der Waals surface area contributed by atoms with Gasteiger partial charge in [-0.3, -0.25) is 9.69 Å². The Morgan fingerprint density at radius 1 is 0.966 bits per heavy atom. The first-order chi connectivity index (χ1) is 14.2. The molecular formula is C22H26N2O5. The smallest absolute Gasteiger partial charge is 0.231 e. The van der Waals surface area contributed by atoms with Crippen LogP contribution in [0.3, 0.4) is 0 Å². The number of methoxy groups -OCH3 is 2. The summed E-state index contributed by atoms with van der Waals surface area (Å²) in [5.74, 6) is 3.13. The molecule has 0 atom stereocenters. The van der Waals surface area contributed by atoms with E-state index in [1.807, 2.05) is 35.2 Å². The molecular weight excluding hydrogens is 372 g/mol. The van der Waals surface area contributed by atoms with Crippen LogP contribution in [0.25, 0.3) is 0 Å². The van der Waals surface area contributed by atoms with Gasteiger partial charge in [-0.15, -0.1) is 0 Å². The number of carbonyl (C=O) groups excluding carboxylic acids is 1. The summed E-state index contributed by atoms with van der Waals surface area (Å²) in [6.45, 7) is 4.27. The molecule has 4 rings (SSSR count). The Kier molecular flexibility index (Phi) is 5.76.